The van der Waals surface area contributed by atoms with Crippen molar-refractivity contribution in [1.82, 2.24) is 5.32 Å². The summed E-state index contributed by atoms with van der Waals surface area (Å²) < 4.78 is 5.02. The molecule has 2 rings (SSSR count). The molecule has 0 bridgehead atoms. The normalized spacial score (nSPS) is 10.0. The number of esters is 1. The molecular formula is C16H14ClNO3. The first kappa shape index (κ1) is 15.1. The highest BCUT2D eigenvalue weighted by Crippen LogP contribution is 2.19. The van der Waals surface area contributed by atoms with E-state index in [4.69, 9.17) is 16.3 Å². The lowest BCUT2D eigenvalue weighted by atomic mass is 10.1. The predicted molar refractivity (Wildman–Crippen MR) is 80.4 cm³/mol. The van der Waals surface area contributed by atoms with Gasteiger partial charge in [0.25, 0.3) is 5.91 Å². The number of carbonyl (C=O) groups excluding carboxylic acids is 2. The molecule has 0 unspecified atom stereocenters. The molecule has 0 heterocycles. The summed E-state index contributed by atoms with van der Waals surface area (Å²) in [5.74, 6) is -0.560. The Kier molecular flexibility index (Phi) is 4.95. The second-order valence-corrected chi connectivity index (χ2v) is 4.77. The Morgan fingerprint density at radius 3 is 2.48 bits per heavy atom. The third-order valence-electron chi connectivity index (χ3n) is 2.78. The molecule has 4 nitrogen and oxygen atoms in total. The second-order valence-electron chi connectivity index (χ2n) is 4.36. The highest BCUT2D eigenvalue weighted by atomic mass is 35.5. The third-order valence-corrected chi connectivity index (χ3v) is 3.15. The quantitative estimate of drug-likeness (QED) is 0.697. The minimum absolute atomic E-state index is 0.238. The molecule has 21 heavy (non-hydrogen) atoms. The van der Waals surface area contributed by atoms with Gasteiger partial charge >= 0.3 is 5.97 Å². The molecule has 108 valence electrons. The van der Waals surface area contributed by atoms with Gasteiger partial charge in [-0.15, -0.1) is 0 Å². The fourth-order valence-corrected chi connectivity index (χ4v) is 2.01. The lowest BCUT2D eigenvalue weighted by molar-refractivity contribution is -0.131. The molecule has 0 saturated heterocycles. The number of hydrogen-bond acceptors (Lipinski definition) is 3. The van der Waals surface area contributed by atoms with E-state index in [9.17, 15) is 9.59 Å². The third kappa shape index (κ3) is 4.07. The maximum atomic E-state index is 12.2. The molecule has 0 aromatic heterocycles. The van der Waals surface area contributed by atoms with Gasteiger partial charge in [-0.25, -0.2) is 0 Å². The number of ether oxygens (including phenoxy) is 1. The summed E-state index contributed by atoms with van der Waals surface area (Å²) in [5.41, 5.74) is 1.12. The van der Waals surface area contributed by atoms with Crippen molar-refractivity contribution in [2.24, 2.45) is 0 Å². The number of para-hydroxylation sites is 1. The predicted octanol–water partition coefficient (Wildman–Crippen LogP) is 3.20. The zero-order valence-corrected chi connectivity index (χ0v) is 12.2. The van der Waals surface area contributed by atoms with Crippen LogP contribution in [0.2, 0.25) is 5.02 Å². The van der Waals surface area contributed by atoms with E-state index < -0.39 is 5.97 Å². The molecule has 0 aliphatic carbocycles. The summed E-state index contributed by atoms with van der Waals surface area (Å²) in [6.45, 7) is 1.59. The van der Waals surface area contributed by atoms with Crippen molar-refractivity contribution in [1.29, 1.82) is 0 Å². The molecule has 0 saturated carbocycles. The largest absolute Gasteiger partial charge is 0.426 e. The average Bonchev–Trinajstić information content (AvgIpc) is 2.46. The van der Waals surface area contributed by atoms with Crippen molar-refractivity contribution in [3.63, 3.8) is 0 Å². The molecule has 0 atom stereocenters. The highest BCUT2D eigenvalue weighted by molar-refractivity contribution is 6.31. The van der Waals surface area contributed by atoms with E-state index in [2.05, 4.69) is 5.32 Å². The van der Waals surface area contributed by atoms with Gasteiger partial charge in [0.1, 0.15) is 5.75 Å². The van der Waals surface area contributed by atoms with Crippen LogP contribution in [0, 0.1) is 0 Å². The molecule has 1 N–H and O–H groups in total. The van der Waals surface area contributed by atoms with Gasteiger partial charge in [0.05, 0.1) is 5.56 Å². The van der Waals surface area contributed by atoms with Crippen molar-refractivity contribution in [2.45, 2.75) is 13.5 Å². The number of halogens is 1. The molecule has 0 spiro atoms. The first-order valence-electron chi connectivity index (χ1n) is 6.37. The molecule has 1 amide bonds. The zero-order chi connectivity index (χ0) is 15.2. The molecule has 0 aliphatic rings. The maximum absolute atomic E-state index is 12.2. The van der Waals surface area contributed by atoms with Crippen LogP contribution in [0.25, 0.3) is 0 Å². The van der Waals surface area contributed by atoms with Crippen LogP contribution in [-0.2, 0) is 11.3 Å². The summed E-state index contributed by atoms with van der Waals surface area (Å²) in [4.78, 5) is 23.2. The van der Waals surface area contributed by atoms with Gasteiger partial charge in [0, 0.05) is 18.5 Å². The van der Waals surface area contributed by atoms with Crippen LogP contribution in [0.5, 0.6) is 5.75 Å². The van der Waals surface area contributed by atoms with E-state index in [1.165, 1.54) is 6.92 Å². The number of benzene rings is 2. The monoisotopic (exact) mass is 303 g/mol. The minimum atomic E-state index is -0.471. The van der Waals surface area contributed by atoms with Gasteiger partial charge in [-0.2, -0.15) is 0 Å². The summed E-state index contributed by atoms with van der Waals surface area (Å²) in [6.07, 6.45) is 0. The Labute approximate surface area is 127 Å². The Morgan fingerprint density at radius 1 is 1.10 bits per heavy atom. The molecule has 2 aromatic rings. The van der Waals surface area contributed by atoms with Crippen LogP contribution in [0.1, 0.15) is 22.8 Å². The van der Waals surface area contributed by atoms with Crippen LogP contribution in [0.15, 0.2) is 48.5 Å². The lowest BCUT2D eigenvalue weighted by Crippen LogP contribution is -2.24. The van der Waals surface area contributed by atoms with E-state index in [1.807, 2.05) is 18.2 Å². The minimum Gasteiger partial charge on any atom is -0.426 e. The van der Waals surface area contributed by atoms with E-state index in [0.29, 0.717) is 17.1 Å². The molecular weight excluding hydrogens is 290 g/mol. The summed E-state index contributed by atoms with van der Waals surface area (Å²) >= 11 is 6.03. The van der Waals surface area contributed by atoms with Crippen LogP contribution in [-0.4, -0.2) is 11.9 Å². The van der Waals surface area contributed by atoms with Crippen LogP contribution >= 0.6 is 11.6 Å². The van der Waals surface area contributed by atoms with Crippen molar-refractivity contribution >= 4 is 23.5 Å². The van der Waals surface area contributed by atoms with E-state index in [1.54, 1.807) is 30.3 Å². The average molecular weight is 304 g/mol. The topological polar surface area (TPSA) is 55.4 Å². The number of rotatable bonds is 4. The van der Waals surface area contributed by atoms with Crippen molar-refractivity contribution in [2.75, 3.05) is 0 Å². The van der Waals surface area contributed by atoms with Crippen LogP contribution < -0.4 is 10.1 Å². The number of amides is 1. The summed E-state index contributed by atoms with van der Waals surface area (Å²) in [5, 5.41) is 3.34. The fraction of sp³-hybridized carbons (Fsp3) is 0.125. The Morgan fingerprint density at radius 2 is 1.76 bits per heavy atom. The van der Waals surface area contributed by atoms with Crippen molar-refractivity contribution < 1.29 is 14.3 Å². The second kappa shape index (κ2) is 6.90. The number of hydrogen-bond donors (Lipinski definition) is 1. The van der Waals surface area contributed by atoms with E-state index in [-0.39, 0.29) is 11.7 Å². The smallest absolute Gasteiger partial charge is 0.308 e. The van der Waals surface area contributed by atoms with Gasteiger partial charge in [0.15, 0.2) is 0 Å². The molecule has 0 aliphatic heterocycles. The zero-order valence-electron chi connectivity index (χ0n) is 11.4. The molecule has 0 fully saturated rings. The maximum Gasteiger partial charge on any atom is 0.308 e. The summed E-state index contributed by atoms with van der Waals surface area (Å²) in [6, 6.07) is 13.8. The Bertz CT molecular complexity index is 670. The first-order valence-corrected chi connectivity index (χ1v) is 6.75. The van der Waals surface area contributed by atoms with Gasteiger partial charge in [-0.3, -0.25) is 9.59 Å². The van der Waals surface area contributed by atoms with Crippen LogP contribution in [0.4, 0.5) is 0 Å². The van der Waals surface area contributed by atoms with Crippen molar-refractivity contribution in [3.8, 4) is 5.75 Å². The standard InChI is InChI=1S/C16H14ClNO3/c1-11(19)21-15-9-5-3-7-13(15)16(20)18-10-12-6-2-4-8-14(12)17/h2-9H,10H2,1H3,(H,18,20). The number of carbonyl (C=O) groups is 2. The SMILES string of the molecule is CC(=O)Oc1ccccc1C(=O)NCc1ccccc1Cl. The van der Waals surface area contributed by atoms with Crippen molar-refractivity contribution in [3.05, 3.63) is 64.7 Å². The Balaban J connectivity index is 2.10. The first-order chi connectivity index (χ1) is 10.1. The fourth-order valence-electron chi connectivity index (χ4n) is 1.81. The highest BCUT2D eigenvalue weighted by Gasteiger charge is 2.13. The van der Waals surface area contributed by atoms with E-state index >= 15 is 0 Å². The van der Waals surface area contributed by atoms with Crippen LogP contribution in [0.3, 0.4) is 0 Å². The molecule has 2 aromatic carbocycles. The van der Waals surface area contributed by atoms with Gasteiger partial charge in [-0.1, -0.05) is 41.9 Å². The summed E-state index contributed by atoms with van der Waals surface area (Å²) in [7, 11) is 0. The van der Waals surface area contributed by atoms with E-state index in [0.717, 1.165) is 5.56 Å². The molecule has 0 radical (unpaired) electrons. The van der Waals surface area contributed by atoms with Gasteiger partial charge < -0.3 is 10.1 Å². The molecule has 5 heteroatoms. The Hall–Kier alpha value is -2.33. The number of nitrogens with one attached hydrogen (secondary N) is 1. The van der Waals surface area contributed by atoms with Gasteiger partial charge in [0.2, 0.25) is 0 Å². The van der Waals surface area contributed by atoms with Gasteiger partial charge in [-0.05, 0) is 23.8 Å². The lowest BCUT2D eigenvalue weighted by Gasteiger charge is -2.10.